The highest BCUT2D eigenvalue weighted by Gasteiger charge is 2.11. The van der Waals surface area contributed by atoms with E-state index in [0.717, 1.165) is 31.9 Å². The standard InChI is InChI=1S/C17H25N3.HI/c1-4-18-17(20-16-7-5-6-8-16)19-12-15-10-9-13(2)11-14(15)3;/h5-6,9-11,16H,4,7-8,12H2,1-3H3,(H2,18,19,20);1H. The minimum absolute atomic E-state index is 0. The van der Waals surface area contributed by atoms with E-state index in [1.807, 2.05) is 0 Å². The first-order valence-corrected chi connectivity index (χ1v) is 7.45. The van der Waals surface area contributed by atoms with Crippen LogP contribution < -0.4 is 10.6 Å². The average molecular weight is 399 g/mol. The Bertz CT molecular complexity index is 501. The molecule has 1 aliphatic carbocycles. The van der Waals surface area contributed by atoms with Gasteiger partial charge in [-0.05, 0) is 44.7 Å². The van der Waals surface area contributed by atoms with E-state index in [1.165, 1.54) is 16.7 Å². The number of nitrogens with one attached hydrogen (secondary N) is 2. The number of hydrogen-bond acceptors (Lipinski definition) is 1. The molecule has 4 heteroatoms. The summed E-state index contributed by atoms with van der Waals surface area (Å²) < 4.78 is 0. The molecule has 0 aromatic heterocycles. The molecule has 21 heavy (non-hydrogen) atoms. The molecule has 0 fully saturated rings. The van der Waals surface area contributed by atoms with E-state index < -0.39 is 0 Å². The largest absolute Gasteiger partial charge is 0.357 e. The summed E-state index contributed by atoms with van der Waals surface area (Å²) >= 11 is 0. The van der Waals surface area contributed by atoms with Crippen molar-refractivity contribution < 1.29 is 0 Å². The van der Waals surface area contributed by atoms with Gasteiger partial charge in [0.15, 0.2) is 5.96 Å². The number of halogens is 1. The maximum atomic E-state index is 4.70. The topological polar surface area (TPSA) is 36.4 Å². The summed E-state index contributed by atoms with van der Waals surface area (Å²) in [4.78, 5) is 4.70. The highest BCUT2D eigenvalue weighted by atomic mass is 127. The van der Waals surface area contributed by atoms with E-state index in [1.54, 1.807) is 0 Å². The first-order valence-electron chi connectivity index (χ1n) is 7.45. The fraction of sp³-hybridized carbons (Fsp3) is 0.471. The van der Waals surface area contributed by atoms with Crippen molar-refractivity contribution >= 4 is 29.9 Å². The molecule has 2 N–H and O–H groups in total. The Morgan fingerprint density at radius 1 is 1.24 bits per heavy atom. The lowest BCUT2D eigenvalue weighted by atomic mass is 10.1. The lowest BCUT2D eigenvalue weighted by Crippen LogP contribution is -2.42. The van der Waals surface area contributed by atoms with Gasteiger partial charge in [-0.3, -0.25) is 0 Å². The van der Waals surface area contributed by atoms with Gasteiger partial charge in [0.25, 0.3) is 0 Å². The van der Waals surface area contributed by atoms with E-state index in [0.29, 0.717) is 6.04 Å². The predicted octanol–water partition coefficient (Wildman–Crippen LogP) is 3.70. The molecule has 1 aromatic rings. The average Bonchev–Trinajstić information content (AvgIpc) is 2.90. The molecule has 1 aromatic carbocycles. The van der Waals surface area contributed by atoms with E-state index in [-0.39, 0.29) is 24.0 Å². The third kappa shape index (κ3) is 5.69. The van der Waals surface area contributed by atoms with Crippen LogP contribution in [0.1, 0.15) is 36.5 Å². The number of guanidine groups is 1. The molecule has 0 atom stereocenters. The maximum Gasteiger partial charge on any atom is 0.191 e. The summed E-state index contributed by atoms with van der Waals surface area (Å²) in [7, 11) is 0. The van der Waals surface area contributed by atoms with Crippen molar-refractivity contribution in [3.8, 4) is 0 Å². The number of aryl methyl sites for hydroxylation is 2. The second-order valence-corrected chi connectivity index (χ2v) is 5.41. The molecular weight excluding hydrogens is 373 g/mol. The highest BCUT2D eigenvalue weighted by Crippen LogP contribution is 2.12. The zero-order valence-electron chi connectivity index (χ0n) is 13.1. The normalized spacial score (nSPS) is 14.9. The molecule has 0 bridgehead atoms. The highest BCUT2D eigenvalue weighted by molar-refractivity contribution is 14.0. The minimum Gasteiger partial charge on any atom is -0.357 e. The van der Waals surface area contributed by atoms with Gasteiger partial charge in [0.2, 0.25) is 0 Å². The molecule has 0 saturated carbocycles. The molecule has 3 nitrogen and oxygen atoms in total. The Kier molecular flexibility index (Phi) is 7.78. The van der Waals surface area contributed by atoms with E-state index in [4.69, 9.17) is 4.99 Å². The molecular formula is C17H26IN3. The van der Waals surface area contributed by atoms with Gasteiger partial charge >= 0.3 is 0 Å². The van der Waals surface area contributed by atoms with Crippen LogP contribution in [-0.2, 0) is 6.54 Å². The third-order valence-electron chi connectivity index (χ3n) is 3.60. The molecule has 1 aliphatic rings. The van der Waals surface area contributed by atoms with Crippen LogP contribution in [0.3, 0.4) is 0 Å². The van der Waals surface area contributed by atoms with E-state index in [2.05, 4.69) is 61.8 Å². The van der Waals surface area contributed by atoms with Crippen molar-refractivity contribution in [3.05, 3.63) is 47.0 Å². The molecule has 0 heterocycles. The van der Waals surface area contributed by atoms with Crippen LogP contribution >= 0.6 is 24.0 Å². The Balaban J connectivity index is 0.00000220. The summed E-state index contributed by atoms with van der Waals surface area (Å²) in [5.41, 5.74) is 3.90. The molecule has 0 spiro atoms. The van der Waals surface area contributed by atoms with Crippen molar-refractivity contribution in [2.45, 2.75) is 46.2 Å². The predicted molar refractivity (Wildman–Crippen MR) is 101 cm³/mol. The van der Waals surface area contributed by atoms with Gasteiger partial charge in [-0.25, -0.2) is 4.99 Å². The molecule has 0 unspecified atom stereocenters. The maximum absolute atomic E-state index is 4.70. The number of rotatable bonds is 4. The van der Waals surface area contributed by atoms with Gasteiger partial charge < -0.3 is 10.6 Å². The summed E-state index contributed by atoms with van der Waals surface area (Å²) in [6, 6.07) is 7.03. The smallest absolute Gasteiger partial charge is 0.191 e. The first kappa shape index (κ1) is 18.0. The van der Waals surface area contributed by atoms with Gasteiger partial charge in [-0.15, -0.1) is 24.0 Å². The van der Waals surface area contributed by atoms with Gasteiger partial charge in [-0.2, -0.15) is 0 Å². The Hall–Kier alpha value is -1.04. The van der Waals surface area contributed by atoms with Crippen molar-refractivity contribution in [1.82, 2.24) is 10.6 Å². The molecule has 0 aliphatic heterocycles. The van der Waals surface area contributed by atoms with Crippen molar-refractivity contribution in [3.63, 3.8) is 0 Å². The SMILES string of the molecule is CCNC(=NCc1ccc(C)cc1C)NC1CC=CC1.I. The number of nitrogens with zero attached hydrogens (tertiary/aromatic N) is 1. The zero-order chi connectivity index (χ0) is 14.4. The Labute approximate surface area is 145 Å². The van der Waals surface area contributed by atoms with E-state index in [9.17, 15) is 0 Å². The van der Waals surface area contributed by atoms with Crippen molar-refractivity contribution in [2.24, 2.45) is 4.99 Å². The van der Waals surface area contributed by atoms with Crippen LogP contribution in [-0.4, -0.2) is 18.5 Å². The summed E-state index contributed by atoms with van der Waals surface area (Å²) in [5, 5.41) is 6.82. The molecule has 0 saturated heterocycles. The summed E-state index contributed by atoms with van der Waals surface area (Å²) in [6.45, 7) is 7.99. The van der Waals surface area contributed by atoms with Crippen molar-refractivity contribution in [2.75, 3.05) is 6.54 Å². The summed E-state index contributed by atoms with van der Waals surface area (Å²) in [5.74, 6) is 0.918. The first-order chi connectivity index (χ1) is 9.69. The van der Waals surface area contributed by atoms with Crippen molar-refractivity contribution in [1.29, 1.82) is 0 Å². The zero-order valence-corrected chi connectivity index (χ0v) is 15.5. The van der Waals surface area contributed by atoms with Gasteiger partial charge in [0.1, 0.15) is 0 Å². The second kappa shape index (κ2) is 9.07. The van der Waals surface area contributed by atoms with Gasteiger partial charge in [0.05, 0.1) is 6.54 Å². The number of hydrogen-bond donors (Lipinski definition) is 2. The summed E-state index contributed by atoms with van der Waals surface area (Å²) in [6.07, 6.45) is 6.64. The molecule has 0 radical (unpaired) electrons. The van der Waals surface area contributed by atoms with Crippen LogP contribution in [0.25, 0.3) is 0 Å². The van der Waals surface area contributed by atoms with Gasteiger partial charge in [0, 0.05) is 12.6 Å². The Morgan fingerprint density at radius 2 is 1.95 bits per heavy atom. The van der Waals surface area contributed by atoms with Crippen LogP contribution in [0.4, 0.5) is 0 Å². The monoisotopic (exact) mass is 399 g/mol. The fourth-order valence-corrected chi connectivity index (χ4v) is 2.44. The van der Waals surface area contributed by atoms with E-state index >= 15 is 0 Å². The lowest BCUT2D eigenvalue weighted by molar-refractivity contribution is 0.633. The quantitative estimate of drug-likeness (QED) is 0.351. The van der Waals surface area contributed by atoms with Crippen LogP contribution in [0.2, 0.25) is 0 Å². The Morgan fingerprint density at radius 3 is 2.57 bits per heavy atom. The second-order valence-electron chi connectivity index (χ2n) is 5.41. The van der Waals surface area contributed by atoms with Gasteiger partial charge in [-0.1, -0.05) is 35.9 Å². The molecule has 0 amide bonds. The van der Waals surface area contributed by atoms with Crippen LogP contribution in [0.15, 0.2) is 35.3 Å². The number of benzene rings is 1. The number of aliphatic imine (C=N–C) groups is 1. The van der Waals surface area contributed by atoms with Crippen LogP contribution in [0.5, 0.6) is 0 Å². The molecule has 116 valence electrons. The lowest BCUT2D eigenvalue weighted by Gasteiger charge is -2.17. The minimum atomic E-state index is 0. The third-order valence-corrected chi connectivity index (χ3v) is 3.60. The fourth-order valence-electron chi connectivity index (χ4n) is 2.44. The molecule has 2 rings (SSSR count). The van der Waals surface area contributed by atoms with Crippen LogP contribution in [0, 0.1) is 13.8 Å².